The summed E-state index contributed by atoms with van der Waals surface area (Å²) in [5, 5.41) is 10.4. The standard InChI is InChI=1S/C12H16N4/c1-3-10(13-2)12-14-11(15-16-12)9-7-5-4-6-8-9/h4-8,10,13H,3H2,1-2H3,(H,14,15,16). The molecule has 0 aliphatic rings. The average Bonchev–Trinajstić information content (AvgIpc) is 2.81. The molecule has 4 nitrogen and oxygen atoms in total. The zero-order valence-electron chi connectivity index (χ0n) is 9.57. The molecule has 84 valence electrons. The molecule has 0 bridgehead atoms. The van der Waals surface area contributed by atoms with Crippen LogP contribution in [0.3, 0.4) is 0 Å². The third-order valence-corrected chi connectivity index (χ3v) is 2.62. The van der Waals surface area contributed by atoms with Crippen LogP contribution in [-0.2, 0) is 0 Å². The van der Waals surface area contributed by atoms with Crippen LogP contribution in [0.5, 0.6) is 0 Å². The fraction of sp³-hybridized carbons (Fsp3) is 0.333. The number of rotatable bonds is 4. The van der Waals surface area contributed by atoms with Crippen LogP contribution >= 0.6 is 0 Å². The molecule has 1 heterocycles. The Kier molecular flexibility index (Phi) is 3.31. The summed E-state index contributed by atoms with van der Waals surface area (Å²) in [5.74, 6) is 1.65. The summed E-state index contributed by atoms with van der Waals surface area (Å²) < 4.78 is 0. The highest BCUT2D eigenvalue weighted by molar-refractivity contribution is 5.53. The summed E-state index contributed by atoms with van der Waals surface area (Å²) in [7, 11) is 1.93. The van der Waals surface area contributed by atoms with Gasteiger partial charge in [0.1, 0.15) is 5.82 Å². The van der Waals surface area contributed by atoms with Crippen molar-refractivity contribution >= 4 is 0 Å². The van der Waals surface area contributed by atoms with Crippen molar-refractivity contribution in [3.63, 3.8) is 0 Å². The number of hydrogen-bond acceptors (Lipinski definition) is 3. The molecule has 2 rings (SSSR count). The van der Waals surface area contributed by atoms with E-state index in [4.69, 9.17) is 0 Å². The molecule has 1 aromatic heterocycles. The Bertz CT molecular complexity index is 431. The van der Waals surface area contributed by atoms with Crippen molar-refractivity contribution in [3.8, 4) is 11.4 Å². The Balaban J connectivity index is 2.26. The molecule has 1 unspecified atom stereocenters. The third kappa shape index (κ3) is 2.12. The lowest BCUT2D eigenvalue weighted by Crippen LogP contribution is -2.16. The van der Waals surface area contributed by atoms with Crippen LogP contribution in [0, 0.1) is 0 Å². The number of aromatic nitrogens is 3. The second-order valence-corrected chi connectivity index (χ2v) is 3.66. The summed E-state index contributed by atoms with van der Waals surface area (Å²) in [4.78, 5) is 4.49. The van der Waals surface area contributed by atoms with Crippen molar-refractivity contribution in [1.29, 1.82) is 0 Å². The quantitative estimate of drug-likeness (QED) is 0.823. The molecule has 4 heteroatoms. The molecule has 1 aromatic carbocycles. The van der Waals surface area contributed by atoms with Gasteiger partial charge < -0.3 is 5.32 Å². The molecule has 2 aromatic rings. The van der Waals surface area contributed by atoms with Gasteiger partial charge in [-0.2, -0.15) is 5.10 Å². The number of nitrogens with one attached hydrogen (secondary N) is 2. The second-order valence-electron chi connectivity index (χ2n) is 3.66. The van der Waals surface area contributed by atoms with E-state index in [-0.39, 0.29) is 6.04 Å². The highest BCUT2D eigenvalue weighted by atomic mass is 15.2. The van der Waals surface area contributed by atoms with Crippen LogP contribution in [0.1, 0.15) is 25.2 Å². The zero-order chi connectivity index (χ0) is 11.4. The first kappa shape index (κ1) is 10.8. The lowest BCUT2D eigenvalue weighted by molar-refractivity contribution is 0.546. The molecule has 0 aliphatic heterocycles. The van der Waals surface area contributed by atoms with Crippen molar-refractivity contribution in [3.05, 3.63) is 36.2 Å². The van der Waals surface area contributed by atoms with E-state index in [0.717, 1.165) is 23.6 Å². The van der Waals surface area contributed by atoms with Gasteiger partial charge in [0.2, 0.25) is 0 Å². The number of nitrogens with zero attached hydrogens (tertiary/aromatic N) is 2. The van der Waals surface area contributed by atoms with E-state index >= 15 is 0 Å². The number of benzene rings is 1. The molecule has 0 spiro atoms. The van der Waals surface area contributed by atoms with E-state index in [9.17, 15) is 0 Å². The topological polar surface area (TPSA) is 53.6 Å². The summed E-state index contributed by atoms with van der Waals surface area (Å²) in [5.41, 5.74) is 1.04. The number of H-pyrrole nitrogens is 1. The molecular weight excluding hydrogens is 200 g/mol. The molecular formula is C12H16N4. The Morgan fingerprint density at radius 3 is 2.69 bits per heavy atom. The van der Waals surface area contributed by atoms with Gasteiger partial charge in [0.15, 0.2) is 5.82 Å². The fourth-order valence-corrected chi connectivity index (χ4v) is 1.68. The Morgan fingerprint density at radius 2 is 2.06 bits per heavy atom. The summed E-state index contributed by atoms with van der Waals surface area (Å²) in [6.45, 7) is 2.12. The maximum Gasteiger partial charge on any atom is 0.181 e. The van der Waals surface area contributed by atoms with E-state index < -0.39 is 0 Å². The van der Waals surface area contributed by atoms with Gasteiger partial charge in [0.05, 0.1) is 6.04 Å². The Morgan fingerprint density at radius 1 is 1.31 bits per heavy atom. The maximum atomic E-state index is 4.49. The van der Waals surface area contributed by atoms with Gasteiger partial charge in [-0.25, -0.2) is 4.98 Å². The van der Waals surface area contributed by atoms with Gasteiger partial charge in [-0.05, 0) is 13.5 Å². The summed E-state index contributed by atoms with van der Waals surface area (Å²) >= 11 is 0. The van der Waals surface area contributed by atoms with E-state index in [0.29, 0.717) is 0 Å². The minimum atomic E-state index is 0.241. The van der Waals surface area contributed by atoms with Crippen molar-refractivity contribution in [2.75, 3.05) is 7.05 Å². The molecule has 0 amide bonds. The molecule has 0 fully saturated rings. The molecule has 1 atom stereocenters. The van der Waals surface area contributed by atoms with Crippen LogP contribution < -0.4 is 5.32 Å². The Hall–Kier alpha value is -1.68. The first-order valence-corrected chi connectivity index (χ1v) is 5.50. The van der Waals surface area contributed by atoms with E-state index in [1.54, 1.807) is 0 Å². The minimum Gasteiger partial charge on any atom is -0.310 e. The molecule has 0 radical (unpaired) electrons. The van der Waals surface area contributed by atoms with Crippen molar-refractivity contribution < 1.29 is 0 Å². The first-order chi connectivity index (χ1) is 7.85. The smallest absolute Gasteiger partial charge is 0.181 e. The van der Waals surface area contributed by atoms with Crippen LogP contribution in [0.25, 0.3) is 11.4 Å². The maximum absolute atomic E-state index is 4.49. The molecule has 2 N–H and O–H groups in total. The number of hydrogen-bond donors (Lipinski definition) is 2. The predicted molar refractivity (Wildman–Crippen MR) is 63.9 cm³/mol. The molecule has 0 saturated heterocycles. The average molecular weight is 216 g/mol. The zero-order valence-corrected chi connectivity index (χ0v) is 9.57. The highest BCUT2D eigenvalue weighted by Gasteiger charge is 2.12. The van der Waals surface area contributed by atoms with Crippen molar-refractivity contribution in [2.24, 2.45) is 0 Å². The van der Waals surface area contributed by atoms with E-state index in [2.05, 4.69) is 27.4 Å². The fourth-order valence-electron chi connectivity index (χ4n) is 1.68. The van der Waals surface area contributed by atoms with Crippen molar-refractivity contribution in [1.82, 2.24) is 20.5 Å². The van der Waals surface area contributed by atoms with E-state index in [1.807, 2.05) is 37.4 Å². The van der Waals surface area contributed by atoms with Gasteiger partial charge in [-0.1, -0.05) is 37.3 Å². The third-order valence-electron chi connectivity index (χ3n) is 2.62. The van der Waals surface area contributed by atoms with E-state index in [1.165, 1.54) is 0 Å². The highest BCUT2D eigenvalue weighted by Crippen LogP contribution is 2.17. The summed E-state index contributed by atoms with van der Waals surface area (Å²) in [6.07, 6.45) is 0.986. The molecule has 0 saturated carbocycles. The van der Waals surface area contributed by atoms with Gasteiger partial charge >= 0.3 is 0 Å². The normalized spacial score (nSPS) is 12.6. The largest absolute Gasteiger partial charge is 0.310 e. The van der Waals surface area contributed by atoms with Crippen molar-refractivity contribution in [2.45, 2.75) is 19.4 Å². The minimum absolute atomic E-state index is 0.241. The molecule has 16 heavy (non-hydrogen) atoms. The van der Waals surface area contributed by atoms with Gasteiger partial charge in [-0.3, -0.25) is 5.10 Å². The van der Waals surface area contributed by atoms with Crippen LogP contribution in [0.4, 0.5) is 0 Å². The van der Waals surface area contributed by atoms with Crippen LogP contribution in [0.15, 0.2) is 30.3 Å². The van der Waals surface area contributed by atoms with Gasteiger partial charge in [0.25, 0.3) is 0 Å². The summed E-state index contributed by atoms with van der Waals surface area (Å²) in [6, 6.07) is 10.2. The second kappa shape index (κ2) is 4.90. The van der Waals surface area contributed by atoms with Crippen LogP contribution in [-0.4, -0.2) is 22.2 Å². The predicted octanol–water partition coefficient (Wildman–Crippen LogP) is 2.14. The lowest BCUT2D eigenvalue weighted by Gasteiger charge is -2.08. The number of aromatic amines is 1. The van der Waals surface area contributed by atoms with Crippen LogP contribution in [0.2, 0.25) is 0 Å². The first-order valence-electron chi connectivity index (χ1n) is 5.50. The van der Waals surface area contributed by atoms with Gasteiger partial charge in [-0.15, -0.1) is 0 Å². The Labute approximate surface area is 95.1 Å². The lowest BCUT2D eigenvalue weighted by atomic mass is 10.2. The SMILES string of the molecule is CCC(NC)c1nc(-c2ccccc2)n[nH]1. The molecule has 0 aliphatic carbocycles. The van der Waals surface area contributed by atoms with Gasteiger partial charge in [0, 0.05) is 5.56 Å². The monoisotopic (exact) mass is 216 g/mol.